The lowest BCUT2D eigenvalue weighted by atomic mass is 10.0. The molecule has 0 aromatic carbocycles. The lowest BCUT2D eigenvalue weighted by Gasteiger charge is -2.16. The number of hydrogen-bond acceptors (Lipinski definition) is 2. The van der Waals surface area contributed by atoms with Gasteiger partial charge in [-0.05, 0) is 62.8 Å². The van der Waals surface area contributed by atoms with Gasteiger partial charge >= 0.3 is 0 Å². The van der Waals surface area contributed by atoms with Crippen LogP contribution in [0.1, 0.15) is 44.9 Å². The van der Waals surface area contributed by atoms with Crippen LogP contribution >= 0.6 is 0 Å². The molecular weight excluding hydrogens is 186 g/mol. The molecule has 1 saturated heterocycles. The van der Waals surface area contributed by atoms with Crippen molar-refractivity contribution < 1.29 is 4.74 Å². The molecule has 15 heavy (non-hydrogen) atoms. The van der Waals surface area contributed by atoms with E-state index in [1.54, 1.807) is 0 Å². The van der Waals surface area contributed by atoms with Crippen LogP contribution in [-0.4, -0.2) is 25.8 Å². The van der Waals surface area contributed by atoms with E-state index < -0.39 is 0 Å². The minimum atomic E-state index is 0.563. The van der Waals surface area contributed by atoms with E-state index in [4.69, 9.17) is 4.74 Å². The van der Waals surface area contributed by atoms with Gasteiger partial charge in [-0.3, -0.25) is 0 Å². The van der Waals surface area contributed by atoms with Crippen LogP contribution < -0.4 is 5.32 Å². The van der Waals surface area contributed by atoms with Crippen molar-refractivity contribution in [3.05, 3.63) is 0 Å². The molecule has 0 aromatic heterocycles. The Kier molecular flexibility index (Phi) is 2.73. The summed E-state index contributed by atoms with van der Waals surface area (Å²) in [5.74, 6) is 1.09. The van der Waals surface area contributed by atoms with Gasteiger partial charge in [0.1, 0.15) is 0 Å². The van der Waals surface area contributed by atoms with Crippen molar-refractivity contribution in [1.82, 2.24) is 5.32 Å². The Morgan fingerprint density at radius 3 is 2.67 bits per heavy atom. The maximum Gasteiger partial charge on any atom is 0.0588 e. The van der Waals surface area contributed by atoms with E-state index in [0.717, 1.165) is 17.9 Å². The lowest BCUT2D eigenvalue weighted by Crippen LogP contribution is -2.28. The number of ether oxygens (including phenoxy) is 1. The summed E-state index contributed by atoms with van der Waals surface area (Å²) in [5, 5.41) is 3.66. The van der Waals surface area contributed by atoms with Gasteiger partial charge in [0.05, 0.1) is 6.10 Å². The Morgan fingerprint density at radius 1 is 1.20 bits per heavy atom. The second kappa shape index (κ2) is 4.06. The number of hydrogen-bond donors (Lipinski definition) is 1. The predicted octanol–water partition coefficient (Wildman–Crippen LogP) is 2.34. The van der Waals surface area contributed by atoms with E-state index in [1.165, 1.54) is 58.0 Å². The van der Waals surface area contributed by atoms with Crippen molar-refractivity contribution >= 4 is 0 Å². The maximum atomic E-state index is 5.62. The molecule has 0 aromatic rings. The highest BCUT2D eigenvalue weighted by Gasteiger charge is 2.53. The van der Waals surface area contributed by atoms with Crippen LogP contribution in [-0.2, 0) is 4.74 Å². The van der Waals surface area contributed by atoms with Gasteiger partial charge in [-0.25, -0.2) is 0 Å². The molecule has 3 fully saturated rings. The Balaban J connectivity index is 1.30. The van der Waals surface area contributed by atoms with Gasteiger partial charge in [-0.1, -0.05) is 0 Å². The minimum Gasteiger partial charge on any atom is -0.378 e. The first-order chi connectivity index (χ1) is 7.39. The van der Waals surface area contributed by atoms with Crippen molar-refractivity contribution in [1.29, 1.82) is 0 Å². The molecule has 1 atom stereocenters. The fraction of sp³-hybridized carbons (Fsp3) is 1.00. The van der Waals surface area contributed by atoms with Gasteiger partial charge in [-0.2, -0.15) is 0 Å². The van der Waals surface area contributed by atoms with Crippen LogP contribution in [0.5, 0.6) is 0 Å². The first kappa shape index (κ1) is 10.1. The molecular formula is C13H23NO. The first-order valence-electron chi connectivity index (χ1n) is 6.71. The fourth-order valence-electron chi connectivity index (χ4n) is 3.06. The van der Waals surface area contributed by atoms with Crippen molar-refractivity contribution in [3.8, 4) is 0 Å². The third kappa shape index (κ3) is 2.36. The fourth-order valence-corrected chi connectivity index (χ4v) is 3.06. The molecule has 0 amide bonds. The highest BCUT2D eigenvalue weighted by molar-refractivity contribution is 5.04. The summed E-state index contributed by atoms with van der Waals surface area (Å²) in [6.07, 6.45) is 10.3. The zero-order valence-electron chi connectivity index (χ0n) is 9.63. The molecule has 0 radical (unpaired) electrons. The quantitative estimate of drug-likeness (QED) is 0.678. The number of rotatable bonds is 6. The van der Waals surface area contributed by atoms with E-state index in [2.05, 4.69) is 5.32 Å². The van der Waals surface area contributed by atoms with E-state index in [9.17, 15) is 0 Å². The normalized spacial score (nSPS) is 33.2. The van der Waals surface area contributed by atoms with Crippen LogP contribution in [0.15, 0.2) is 0 Å². The molecule has 2 heteroatoms. The van der Waals surface area contributed by atoms with Crippen LogP contribution in [0.25, 0.3) is 0 Å². The lowest BCUT2D eigenvalue weighted by molar-refractivity contribution is 0.104. The van der Waals surface area contributed by atoms with Crippen LogP contribution in [0.2, 0.25) is 0 Å². The molecule has 1 unspecified atom stereocenters. The van der Waals surface area contributed by atoms with Gasteiger partial charge in [0, 0.05) is 13.2 Å². The van der Waals surface area contributed by atoms with Crippen molar-refractivity contribution in [3.63, 3.8) is 0 Å². The van der Waals surface area contributed by atoms with Gasteiger partial charge in [0.25, 0.3) is 0 Å². The molecule has 3 rings (SSSR count). The Bertz CT molecular complexity index is 215. The van der Waals surface area contributed by atoms with Crippen LogP contribution in [0, 0.1) is 11.3 Å². The van der Waals surface area contributed by atoms with Gasteiger partial charge in [0.15, 0.2) is 0 Å². The standard InChI is InChI=1S/C13H23NO/c1-2-12(15-9-1)5-8-14-10-13(6-7-13)11-3-4-11/h11-12,14H,1-10H2. The minimum absolute atomic E-state index is 0.563. The summed E-state index contributed by atoms with van der Waals surface area (Å²) in [6, 6.07) is 0. The summed E-state index contributed by atoms with van der Waals surface area (Å²) in [4.78, 5) is 0. The van der Waals surface area contributed by atoms with Gasteiger partial charge < -0.3 is 10.1 Å². The van der Waals surface area contributed by atoms with E-state index in [-0.39, 0.29) is 0 Å². The van der Waals surface area contributed by atoms with E-state index in [0.29, 0.717) is 6.10 Å². The molecule has 2 aliphatic carbocycles. The predicted molar refractivity (Wildman–Crippen MR) is 60.9 cm³/mol. The largest absolute Gasteiger partial charge is 0.378 e. The molecule has 1 heterocycles. The molecule has 0 spiro atoms. The first-order valence-corrected chi connectivity index (χ1v) is 6.71. The third-order valence-corrected chi connectivity index (χ3v) is 4.48. The molecule has 86 valence electrons. The highest BCUT2D eigenvalue weighted by Crippen LogP contribution is 2.60. The van der Waals surface area contributed by atoms with E-state index in [1.807, 2.05) is 0 Å². The zero-order chi connectivity index (χ0) is 10.1. The Morgan fingerprint density at radius 2 is 2.07 bits per heavy atom. The SMILES string of the molecule is C1COC(CCNCC2(C3CC3)CC2)C1. The summed E-state index contributed by atoms with van der Waals surface area (Å²) in [6.45, 7) is 3.44. The molecule has 0 bridgehead atoms. The highest BCUT2D eigenvalue weighted by atomic mass is 16.5. The maximum absolute atomic E-state index is 5.62. The van der Waals surface area contributed by atoms with Gasteiger partial charge in [0.2, 0.25) is 0 Å². The molecule has 1 N–H and O–H groups in total. The Labute approximate surface area is 92.8 Å². The van der Waals surface area contributed by atoms with Crippen molar-refractivity contribution in [2.75, 3.05) is 19.7 Å². The van der Waals surface area contributed by atoms with Crippen molar-refractivity contribution in [2.45, 2.75) is 51.0 Å². The summed E-state index contributed by atoms with van der Waals surface area (Å²) in [7, 11) is 0. The molecule has 2 nitrogen and oxygen atoms in total. The molecule has 1 aliphatic heterocycles. The van der Waals surface area contributed by atoms with Gasteiger partial charge in [-0.15, -0.1) is 0 Å². The average molecular weight is 209 g/mol. The second-order valence-corrected chi connectivity index (χ2v) is 5.74. The monoisotopic (exact) mass is 209 g/mol. The topological polar surface area (TPSA) is 21.3 Å². The summed E-state index contributed by atoms with van der Waals surface area (Å²) < 4.78 is 5.62. The summed E-state index contributed by atoms with van der Waals surface area (Å²) in [5.41, 5.74) is 0.760. The number of nitrogens with one attached hydrogen (secondary N) is 1. The molecule has 3 aliphatic rings. The van der Waals surface area contributed by atoms with Crippen molar-refractivity contribution in [2.24, 2.45) is 11.3 Å². The molecule has 2 saturated carbocycles. The third-order valence-electron chi connectivity index (χ3n) is 4.48. The van der Waals surface area contributed by atoms with Crippen LogP contribution in [0.3, 0.4) is 0 Å². The van der Waals surface area contributed by atoms with E-state index >= 15 is 0 Å². The van der Waals surface area contributed by atoms with Crippen LogP contribution in [0.4, 0.5) is 0 Å². The smallest absolute Gasteiger partial charge is 0.0588 e. The average Bonchev–Trinajstić information content (AvgIpc) is 3.13. The zero-order valence-corrected chi connectivity index (χ0v) is 9.63. The summed E-state index contributed by atoms with van der Waals surface area (Å²) >= 11 is 0. The second-order valence-electron chi connectivity index (χ2n) is 5.74. The Hall–Kier alpha value is -0.0800.